The van der Waals surface area contributed by atoms with Crippen LogP contribution in [-0.4, -0.2) is 43.7 Å². The third-order valence-electron chi connectivity index (χ3n) is 5.93. The Bertz CT molecular complexity index is 1360. The number of aromatic nitrogens is 5. The van der Waals surface area contributed by atoms with Crippen LogP contribution in [-0.2, 0) is 4.79 Å². The lowest BCUT2D eigenvalue weighted by Crippen LogP contribution is -2.27. The smallest absolute Gasteiger partial charge is 0.224 e. The molecule has 2 N–H and O–H groups in total. The first-order valence-corrected chi connectivity index (χ1v) is 11.2. The number of anilines is 1. The van der Waals surface area contributed by atoms with Crippen molar-refractivity contribution in [1.82, 2.24) is 30.0 Å². The molecule has 3 aromatic heterocycles. The van der Waals surface area contributed by atoms with E-state index in [9.17, 15) is 9.18 Å². The maximum absolute atomic E-state index is 14.0. The molecule has 3 heterocycles. The van der Waals surface area contributed by atoms with Crippen LogP contribution < -0.4 is 10.6 Å². The summed E-state index contributed by atoms with van der Waals surface area (Å²) in [6.45, 7) is 1.65. The van der Waals surface area contributed by atoms with E-state index in [0.29, 0.717) is 32.8 Å². The standard InChI is InChI=1S/C22H21BrFN7O/c1-11-17(24)9-13-8-15(5-6-18(13)27-11)31-20-16(19(23)30-31)10-26-22(29-20)28-14-4-3-12(7-14)21(32)25-2/h5-6,8-10,12,14H,3-4,7H2,1-2H3,(H,25,32)(H,26,28,29)/t12-,14-/m1/s1. The Labute approximate surface area is 191 Å². The van der Waals surface area contributed by atoms with Gasteiger partial charge in [-0.15, -0.1) is 0 Å². The SMILES string of the molecule is CNC(=O)[C@@H]1CC[C@@H](Nc2ncc3c(Br)nn(-c4ccc5nc(C)c(F)cc5c4)c3n2)C1. The van der Waals surface area contributed by atoms with Crippen molar-refractivity contribution in [3.05, 3.63) is 46.6 Å². The van der Waals surface area contributed by atoms with Crippen molar-refractivity contribution in [2.45, 2.75) is 32.2 Å². The van der Waals surface area contributed by atoms with Gasteiger partial charge in [0.05, 0.1) is 22.3 Å². The molecule has 1 aliphatic rings. The highest BCUT2D eigenvalue weighted by atomic mass is 79.9. The molecule has 8 nitrogen and oxygen atoms in total. The lowest BCUT2D eigenvalue weighted by molar-refractivity contribution is -0.124. The summed E-state index contributed by atoms with van der Waals surface area (Å²) in [5.41, 5.74) is 2.44. The minimum atomic E-state index is -0.346. The summed E-state index contributed by atoms with van der Waals surface area (Å²) in [6.07, 6.45) is 4.18. The number of carbonyl (C=O) groups is 1. The Hall–Kier alpha value is -3.14. The zero-order valence-corrected chi connectivity index (χ0v) is 19.1. The molecular weight excluding hydrogens is 477 g/mol. The van der Waals surface area contributed by atoms with Crippen LogP contribution in [0.3, 0.4) is 0 Å². The fraction of sp³-hybridized carbons (Fsp3) is 0.318. The Morgan fingerprint density at radius 1 is 1.25 bits per heavy atom. The second-order valence-corrected chi connectivity index (χ2v) is 8.78. The van der Waals surface area contributed by atoms with Gasteiger partial charge < -0.3 is 10.6 Å². The Morgan fingerprint density at radius 2 is 2.09 bits per heavy atom. The molecule has 5 rings (SSSR count). The third-order valence-corrected chi connectivity index (χ3v) is 6.52. The molecule has 2 atom stereocenters. The lowest BCUT2D eigenvalue weighted by atomic mass is 10.1. The number of nitrogens with zero attached hydrogens (tertiary/aromatic N) is 5. The Kier molecular flexibility index (Phi) is 5.24. The quantitative estimate of drug-likeness (QED) is 0.443. The van der Waals surface area contributed by atoms with Crippen molar-refractivity contribution >= 4 is 49.7 Å². The van der Waals surface area contributed by atoms with Gasteiger partial charge in [-0.3, -0.25) is 9.78 Å². The van der Waals surface area contributed by atoms with E-state index in [0.717, 1.165) is 30.3 Å². The van der Waals surface area contributed by atoms with Crippen LogP contribution >= 0.6 is 15.9 Å². The second-order valence-electron chi connectivity index (χ2n) is 8.03. The molecule has 10 heteroatoms. The maximum Gasteiger partial charge on any atom is 0.224 e. The van der Waals surface area contributed by atoms with Gasteiger partial charge in [-0.2, -0.15) is 10.1 Å². The number of amides is 1. The van der Waals surface area contributed by atoms with Gasteiger partial charge in [0, 0.05) is 30.6 Å². The van der Waals surface area contributed by atoms with Crippen LogP contribution in [0, 0.1) is 18.7 Å². The number of hydrogen-bond donors (Lipinski definition) is 2. The molecule has 1 amide bonds. The van der Waals surface area contributed by atoms with Gasteiger partial charge in [-0.25, -0.2) is 14.1 Å². The molecule has 0 aliphatic heterocycles. The van der Waals surface area contributed by atoms with E-state index < -0.39 is 0 Å². The number of nitrogens with one attached hydrogen (secondary N) is 2. The molecule has 164 valence electrons. The summed E-state index contributed by atoms with van der Waals surface area (Å²) in [5.74, 6) is 0.223. The monoisotopic (exact) mass is 497 g/mol. The van der Waals surface area contributed by atoms with E-state index in [4.69, 9.17) is 4.98 Å². The molecule has 1 fully saturated rings. The average molecular weight is 498 g/mol. The van der Waals surface area contributed by atoms with Crippen LogP contribution in [0.1, 0.15) is 25.0 Å². The lowest BCUT2D eigenvalue weighted by Gasteiger charge is -2.13. The molecule has 1 saturated carbocycles. The summed E-state index contributed by atoms with van der Waals surface area (Å²) >= 11 is 3.48. The fourth-order valence-corrected chi connectivity index (χ4v) is 4.66. The number of benzene rings is 1. The molecule has 0 radical (unpaired) electrons. The molecule has 1 aromatic carbocycles. The van der Waals surface area contributed by atoms with E-state index in [-0.39, 0.29) is 23.7 Å². The van der Waals surface area contributed by atoms with E-state index in [1.807, 2.05) is 18.2 Å². The van der Waals surface area contributed by atoms with Crippen LogP contribution in [0.2, 0.25) is 0 Å². The van der Waals surface area contributed by atoms with Gasteiger partial charge in [0.15, 0.2) is 5.65 Å². The number of fused-ring (bicyclic) bond motifs is 2. The fourth-order valence-electron chi connectivity index (χ4n) is 4.22. The number of aryl methyl sites for hydroxylation is 1. The van der Waals surface area contributed by atoms with Crippen LogP contribution in [0.5, 0.6) is 0 Å². The van der Waals surface area contributed by atoms with E-state index in [2.05, 4.69) is 41.6 Å². The van der Waals surface area contributed by atoms with Gasteiger partial charge in [0.25, 0.3) is 0 Å². The van der Waals surface area contributed by atoms with Crippen molar-refractivity contribution in [2.24, 2.45) is 5.92 Å². The summed E-state index contributed by atoms with van der Waals surface area (Å²) in [6, 6.07) is 7.17. The largest absolute Gasteiger partial charge is 0.359 e. The highest BCUT2D eigenvalue weighted by Crippen LogP contribution is 2.30. The van der Waals surface area contributed by atoms with Crippen molar-refractivity contribution in [1.29, 1.82) is 0 Å². The molecule has 0 spiro atoms. The predicted molar refractivity (Wildman–Crippen MR) is 123 cm³/mol. The number of pyridine rings is 1. The number of hydrogen-bond acceptors (Lipinski definition) is 6. The van der Waals surface area contributed by atoms with Crippen molar-refractivity contribution in [2.75, 3.05) is 12.4 Å². The van der Waals surface area contributed by atoms with E-state index in [1.54, 1.807) is 24.9 Å². The predicted octanol–water partition coefficient (Wildman–Crippen LogP) is 3.90. The van der Waals surface area contributed by atoms with Gasteiger partial charge in [-0.05, 0) is 66.4 Å². The zero-order valence-electron chi connectivity index (χ0n) is 17.6. The number of carbonyl (C=O) groups excluding carboxylic acids is 1. The first-order valence-electron chi connectivity index (χ1n) is 10.4. The molecule has 1 aliphatic carbocycles. The second kappa shape index (κ2) is 8.09. The van der Waals surface area contributed by atoms with Gasteiger partial charge in [0.1, 0.15) is 10.4 Å². The molecular formula is C22H21BrFN7O. The van der Waals surface area contributed by atoms with Gasteiger partial charge in [0.2, 0.25) is 11.9 Å². The average Bonchev–Trinajstić information content (AvgIpc) is 3.38. The third kappa shape index (κ3) is 3.68. The number of rotatable bonds is 4. The topological polar surface area (TPSA) is 97.6 Å². The Morgan fingerprint density at radius 3 is 2.91 bits per heavy atom. The molecule has 0 saturated heterocycles. The van der Waals surface area contributed by atoms with Gasteiger partial charge >= 0.3 is 0 Å². The van der Waals surface area contributed by atoms with E-state index in [1.165, 1.54) is 6.07 Å². The highest BCUT2D eigenvalue weighted by molar-refractivity contribution is 9.10. The first kappa shape index (κ1) is 20.7. The van der Waals surface area contributed by atoms with Crippen LogP contribution in [0.25, 0.3) is 27.6 Å². The summed E-state index contributed by atoms with van der Waals surface area (Å²) in [5, 5.41) is 12.1. The molecule has 32 heavy (non-hydrogen) atoms. The number of halogens is 2. The van der Waals surface area contributed by atoms with Crippen LogP contribution in [0.15, 0.2) is 35.1 Å². The molecule has 0 bridgehead atoms. The summed E-state index contributed by atoms with van der Waals surface area (Å²) in [7, 11) is 1.66. The van der Waals surface area contributed by atoms with E-state index >= 15 is 0 Å². The first-order chi connectivity index (χ1) is 15.4. The maximum atomic E-state index is 14.0. The van der Waals surface area contributed by atoms with Crippen molar-refractivity contribution in [3.63, 3.8) is 0 Å². The highest BCUT2D eigenvalue weighted by Gasteiger charge is 2.29. The van der Waals surface area contributed by atoms with Crippen molar-refractivity contribution in [3.8, 4) is 5.69 Å². The molecule has 0 unspecified atom stereocenters. The summed E-state index contributed by atoms with van der Waals surface area (Å²) in [4.78, 5) is 25.3. The summed E-state index contributed by atoms with van der Waals surface area (Å²) < 4.78 is 16.4. The normalized spacial score (nSPS) is 18.4. The van der Waals surface area contributed by atoms with Gasteiger partial charge in [-0.1, -0.05) is 0 Å². The van der Waals surface area contributed by atoms with Crippen LogP contribution in [0.4, 0.5) is 10.3 Å². The molecule has 4 aromatic rings. The Balaban J connectivity index is 1.49. The zero-order chi connectivity index (χ0) is 22.4. The van der Waals surface area contributed by atoms with Crippen molar-refractivity contribution < 1.29 is 9.18 Å². The minimum absolute atomic E-state index is 0.0103. The minimum Gasteiger partial charge on any atom is -0.359 e.